The van der Waals surface area contributed by atoms with E-state index in [1.807, 2.05) is 19.1 Å². The van der Waals surface area contributed by atoms with Crippen LogP contribution in [0.3, 0.4) is 0 Å². The topological polar surface area (TPSA) is 42.1 Å². The summed E-state index contributed by atoms with van der Waals surface area (Å²) in [5.41, 5.74) is 2.61. The Balaban J connectivity index is 2.82. The number of carbonyl (C=O) groups is 1. The van der Waals surface area contributed by atoms with Gasteiger partial charge in [0.05, 0.1) is 12.7 Å². The number of aromatic amines is 1. The molecule has 0 aliphatic carbocycles. The minimum Gasteiger partial charge on any atom is -0.496 e. The number of H-pyrrole nitrogens is 1. The second-order valence-corrected chi connectivity index (χ2v) is 3.21. The Morgan fingerprint density at radius 1 is 1.43 bits per heavy atom. The van der Waals surface area contributed by atoms with E-state index in [2.05, 4.69) is 4.98 Å². The number of nitrogens with one attached hydrogen (secondary N) is 1. The number of fused-ring (bicyclic) bond motifs is 1. The SMILES string of the molecule is COc1ccc2[nH]c(C)cc2c1C=O. The molecule has 0 fully saturated rings. The molecule has 0 amide bonds. The molecule has 0 atom stereocenters. The largest absolute Gasteiger partial charge is 0.496 e. The zero-order chi connectivity index (χ0) is 10.1. The Morgan fingerprint density at radius 2 is 2.21 bits per heavy atom. The van der Waals surface area contributed by atoms with Crippen molar-refractivity contribution in [3.05, 3.63) is 29.5 Å². The van der Waals surface area contributed by atoms with Gasteiger partial charge in [-0.1, -0.05) is 0 Å². The minimum atomic E-state index is 0.606. The molecule has 0 aliphatic heterocycles. The molecule has 0 spiro atoms. The normalized spacial score (nSPS) is 10.4. The number of methoxy groups -OCH3 is 1. The molecule has 3 nitrogen and oxygen atoms in total. The van der Waals surface area contributed by atoms with Crippen molar-refractivity contribution in [2.75, 3.05) is 7.11 Å². The second-order valence-electron chi connectivity index (χ2n) is 3.21. The number of hydrogen-bond donors (Lipinski definition) is 1. The van der Waals surface area contributed by atoms with Crippen LogP contribution in [0.5, 0.6) is 5.75 Å². The number of aryl methyl sites for hydroxylation is 1. The van der Waals surface area contributed by atoms with E-state index in [1.54, 1.807) is 13.2 Å². The molecule has 72 valence electrons. The molecule has 0 bridgehead atoms. The van der Waals surface area contributed by atoms with Gasteiger partial charge in [0.15, 0.2) is 6.29 Å². The van der Waals surface area contributed by atoms with Gasteiger partial charge in [-0.15, -0.1) is 0 Å². The highest BCUT2D eigenvalue weighted by Crippen LogP contribution is 2.26. The predicted octanol–water partition coefficient (Wildman–Crippen LogP) is 2.30. The molecular weight excluding hydrogens is 178 g/mol. The number of rotatable bonds is 2. The van der Waals surface area contributed by atoms with Crippen LogP contribution >= 0.6 is 0 Å². The van der Waals surface area contributed by atoms with Gasteiger partial charge in [0, 0.05) is 16.6 Å². The van der Waals surface area contributed by atoms with E-state index in [1.165, 1.54) is 0 Å². The molecule has 1 aromatic heterocycles. The Morgan fingerprint density at radius 3 is 2.86 bits per heavy atom. The summed E-state index contributed by atoms with van der Waals surface area (Å²) >= 11 is 0. The van der Waals surface area contributed by atoms with Crippen molar-refractivity contribution in [1.29, 1.82) is 0 Å². The summed E-state index contributed by atoms with van der Waals surface area (Å²) in [4.78, 5) is 14.1. The highest BCUT2D eigenvalue weighted by atomic mass is 16.5. The van der Waals surface area contributed by atoms with E-state index in [0.717, 1.165) is 22.9 Å². The first-order valence-electron chi connectivity index (χ1n) is 4.37. The van der Waals surface area contributed by atoms with E-state index in [-0.39, 0.29) is 0 Å². The van der Waals surface area contributed by atoms with Crippen LogP contribution in [0.15, 0.2) is 18.2 Å². The van der Waals surface area contributed by atoms with Gasteiger partial charge < -0.3 is 9.72 Å². The summed E-state index contributed by atoms with van der Waals surface area (Å²) in [7, 11) is 1.56. The van der Waals surface area contributed by atoms with Crippen LogP contribution in [0.25, 0.3) is 10.9 Å². The number of aromatic nitrogens is 1. The quantitative estimate of drug-likeness (QED) is 0.736. The van der Waals surface area contributed by atoms with Gasteiger partial charge in [0.2, 0.25) is 0 Å². The Kier molecular flexibility index (Phi) is 2.00. The molecule has 0 unspecified atom stereocenters. The van der Waals surface area contributed by atoms with Crippen molar-refractivity contribution in [3.8, 4) is 5.75 Å². The van der Waals surface area contributed by atoms with Crippen LogP contribution in [0.1, 0.15) is 16.1 Å². The standard InChI is InChI=1S/C11H11NO2/c1-7-5-8-9(6-13)11(14-2)4-3-10(8)12-7/h3-6,12H,1-2H3. The average Bonchev–Trinajstić information content (AvgIpc) is 2.56. The smallest absolute Gasteiger partial charge is 0.154 e. The fraction of sp³-hybridized carbons (Fsp3) is 0.182. The Hall–Kier alpha value is -1.77. The van der Waals surface area contributed by atoms with Gasteiger partial charge in [-0.05, 0) is 25.1 Å². The molecule has 0 aliphatic rings. The molecule has 2 aromatic rings. The molecule has 0 saturated heterocycles. The van der Waals surface area contributed by atoms with E-state index in [9.17, 15) is 4.79 Å². The first-order valence-corrected chi connectivity index (χ1v) is 4.37. The van der Waals surface area contributed by atoms with Crippen molar-refractivity contribution in [3.63, 3.8) is 0 Å². The van der Waals surface area contributed by atoms with Gasteiger partial charge in [-0.3, -0.25) is 4.79 Å². The highest BCUT2D eigenvalue weighted by molar-refractivity contribution is 6.00. The summed E-state index contributed by atoms with van der Waals surface area (Å²) < 4.78 is 5.11. The number of ether oxygens (including phenoxy) is 1. The molecule has 1 aromatic carbocycles. The first kappa shape index (κ1) is 8.81. The number of aldehydes is 1. The van der Waals surface area contributed by atoms with Crippen LogP contribution in [0.4, 0.5) is 0 Å². The van der Waals surface area contributed by atoms with Crippen molar-refractivity contribution in [1.82, 2.24) is 4.98 Å². The predicted molar refractivity (Wildman–Crippen MR) is 55.0 cm³/mol. The molecule has 0 radical (unpaired) electrons. The summed E-state index contributed by atoms with van der Waals surface area (Å²) in [5.74, 6) is 0.617. The van der Waals surface area contributed by atoms with Crippen molar-refractivity contribution < 1.29 is 9.53 Å². The molecule has 3 heteroatoms. The van der Waals surface area contributed by atoms with Crippen molar-refractivity contribution in [2.45, 2.75) is 6.92 Å². The molecule has 0 saturated carbocycles. The third-order valence-electron chi connectivity index (χ3n) is 2.28. The maximum atomic E-state index is 10.9. The van der Waals surface area contributed by atoms with E-state index in [4.69, 9.17) is 4.74 Å². The van der Waals surface area contributed by atoms with E-state index in [0.29, 0.717) is 11.3 Å². The van der Waals surface area contributed by atoms with Crippen LogP contribution < -0.4 is 4.74 Å². The highest BCUT2D eigenvalue weighted by Gasteiger charge is 2.08. The van der Waals surface area contributed by atoms with Crippen LogP contribution in [-0.2, 0) is 0 Å². The number of benzene rings is 1. The summed E-state index contributed by atoms with van der Waals surface area (Å²) in [6.45, 7) is 1.96. The fourth-order valence-electron chi connectivity index (χ4n) is 1.65. The Labute approximate surface area is 81.7 Å². The monoisotopic (exact) mass is 189 g/mol. The van der Waals surface area contributed by atoms with Gasteiger partial charge in [-0.25, -0.2) is 0 Å². The lowest BCUT2D eigenvalue weighted by atomic mass is 10.1. The van der Waals surface area contributed by atoms with E-state index < -0.39 is 0 Å². The number of carbonyl (C=O) groups excluding carboxylic acids is 1. The fourth-order valence-corrected chi connectivity index (χ4v) is 1.65. The summed E-state index contributed by atoms with van der Waals surface area (Å²) in [6.07, 6.45) is 0.828. The van der Waals surface area contributed by atoms with Crippen molar-refractivity contribution >= 4 is 17.2 Å². The lowest BCUT2D eigenvalue weighted by Crippen LogP contribution is -1.90. The Bertz CT molecular complexity index is 485. The van der Waals surface area contributed by atoms with Gasteiger partial charge >= 0.3 is 0 Å². The summed E-state index contributed by atoms with van der Waals surface area (Å²) in [5, 5.41) is 0.914. The molecular formula is C11H11NO2. The third kappa shape index (κ3) is 1.18. The van der Waals surface area contributed by atoms with Gasteiger partial charge in [-0.2, -0.15) is 0 Å². The summed E-state index contributed by atoms with van der Waals surface area (Å²) in [6, 6.07) is 5.65. The van der Waals surface area contributed by atoms with E-state index >= 15 is 0 Å². The zero-order valence-corrected chi connectivity index (χ0v) is 8.13. The zero-order valence-electron chi connectivity index (χ0n) is 8.13. The van der Waals surface area contributed by atoms with Crippen LogP contribution in [0, 0.1) is 6.92 Å². The maximum Gasteiger partial charge on any atom is 0.154 e. The lowest BCUT2D eigenvalue weighted by Gasteiger charge is -2.03. The molecule has 1 heterocycles. The second kappa shape index (κ2) is 3.18. The minimum absolute atomic E-state index is 0.606. The van der Waals surface area contributed by atoms with Crippen LogP contribution in [0.2, 0.25) is 0 Å². The van der Waals surface area contributed by atoms with Crippen molar-refractivity contribution in [2.24, 2.45) is 0 Å². The first-order chi connectivity index (χ1) is 6.76. The average molecular weight is 189 g/mol. The number of hydrogen-bond acceptors (Lipinski definition) is 2. The lowest BCUT2D eigenvalue weighted by molar-refractivity contribution is 0.112. The van der Waals surface area contributed by atoms with Gasteiger partial charge in [0.25, 0.3) is 0 Å². The molecule has 2 rings (SSSR count). The van der Waals surface area contributed by atoms with Gasteiger partial charge in [0.1, 0.15) is 5.75 Å². The van der Waals surface area contributed by atoms with Crippen LogP contribution in [-0.4, -0.2) is 18.4 Å². The molecule has 1 N–H and O–H groups in total. The maximum absolute atomic E-state index is 10.9. The third-order valence-corrected chi connectivity index (χ3v) is 2.28. The molecule has 14 heavy (non-hydrogen) atoms.